The second-order valence-electron chi connectivity index (χ2n) is 10.7. The summed E-state index contributed by atoms with van der Waals surface area (Å²) in [7, 11) is 2.11. The Morgan fingerprint density at radius 1 is 0.912 bits per heavy atom. The maximum absolute atomic E-state index is 6.89. The van der Waals surface area contributed by atoms with Gasteiger partial charge >= 0.3 is 0 Å². The number of ether oxygens (including phenoxy) is 1. The number of benzene rings is 3. The molecule has 1 aliphatic rings. The Labute approximate surface area is 197 Å². The van der Waals surface area contributed by atoms with Crippen molar-refractivity contribution in [3.63, 3.8) is 0 Å². The smallest absolute Gasteiger partial charge is 0.298 e. The number of pyridine rings is 1. The van der Waals surface area contributed by atoms with Gasteiger partial charge in [-0.25, -0.2) is 4.57 Å². The van der Waals surface area contributed by atoms with Crippen LogP contribution < -0.4 is 9.30 Å². The fraction of sp³-hybridized carbons (Fsp3) is 0.233. The molecule has 0 N–H and O–H groups in total. The molecule has 0 spiro atoms. The normalized spacial score (nSPS) is 13.2. The minimum Gasteiger partial charge on any atom is -0.455 e. The molecule has 4 heterocycles. The maximum Gasteiger partial charge on any atom is 0.298 e. The summed E-state index contributed by atoms with van der Waals surface area (Å²) in [6, 6.07) is 14.9. The minimum atomic E-state index is 0.112. The molecule has 0 aliphatic carbocycles. The van der Waals surface area contributed by atoms with Crippen molar-refractivity contribution < 1.29 is 18.1 Å². The SMILES string of the molecule is Cc1c2c(c(CC(C)(C)C)c3ccccc13)Oc1cc3c4ccoc4oc3c3cc[n+](C)c-2c13. The number of hydrogen-bond donors (Lipinski definition) is 0. The zero-order valence-electron chi connectivity index (χ0n) is 20.1. The average molecular weight is 449 g/mol. The van der Waals surface area contributed by atoms with Crippen molar-refractivity contribution >= 4 is 43.7 Å². The Kier molecular flexibility index (Phi) is 3.71. The lowest BCUT2D eigenvalue weighted by Gasteiger charge is -2.28. The van der Waals surface area contributed by atoms with Crippen molar-refractivity contribution in [2.24, 2.45) is 12.5 Å². The zero-order valence-corrected chi connectivity index (χ0v) is 20.1. The molecule has 3 aromatic carbocycles. The third kappa shape index (κ3) is 2.51. The van der Waals surface area contributed by atoms with Crippen molar-refractivity contribution in [2.75, 3.05) is 0 Å². The third-order valence-corrected chi connectivity index (χ3v) is 7.14. The Morgan fingerprint density at radius 2 is 1.71 bits per heavy atom. The number of aryl methyl sites for hydroxylation is 2. The Balaban J connectivity index is 1.68. The molecule has 4 heteroatoms. The quantitative estimate of drug-likeness (QED) is 0.239. The first-order chi connectivity index (χ1) is 16.3. The van der Waals surface area contributed by atoms with Gasteiger partial charge in [0.1, 0.15) is 29.5 Å². The zero-order chi connectivity index (χ0) is 23.4. The van der Waals surface area contributed by atoms with Gasteiger partial charge in [0, 0.05) is 22.4 Å². The second-order valence-corrected chi connectivity index (χ2v) is 10.7. The van der Waals surface area contributed by atoms with Crippen LogP contribution in [-0.2, 0) is 13.5 Å². The Hall–Kier alpha value is -3.79. The van der Waals surface area contributed by atoms with Crippen LogP contribution in [0.2, 0.25) is 0 Å². The summed E-state index contributed by atoms with van der Waals surface area (Å²) in [6.45, 7) is 9.08. The minimum absolute atomic E-state index is 0.112. The molecular weight excluding hydrogens is 422 g/mol. The topological polar surface area (TPSA) is 39.4 Å². The van der Waals surface area contributed by atoms with Crippen LogP contribution in [0.15, 0.2) is 63.8 Å². The van der Waals surface area contributed by atoms with Crippen LogP contribution >= 0.6 is 0 Å². The van der Waals surface area contributed by atoms with E-state index < -0.39 is 0 Å². The summed E-state index contributed by atoms with van der Waals surface area (Å²) >= 11 is 0. The first-order valence-electron chi connectivity index (χ1n) is 11.8. The van der Waals surface area contributed by atoms with E-state index in [0.29, 0.717) is 5.78 Å². The molecule has 34 heavy (non-hydrogen) atoms. The van der Waals surface area contributed by atoms with Crippen molar-refractivity contribution in [2.45, 2.75) is 34.1 Å². The van der Waals surface area contributed by atoms with Gasteiger partial charge in [-0.3, -0.25) is 0 Å². The molecule has 0 atom stereocenters. The predicted octanol–water partition coefficient (Wildman–Crippen LogP) is 7.98. The molecule has 0 radical (unpaired) electrons. The van der Waals surface area contributed by atoms with Crippen molar-refractivity contribution in [1.29, 1.82) is 0 Å². The van der Waals surface area contributed by atoms with Gasteiger partial charge in [-0.05, 0) is 47.2 Å². The van der Waals surface area contributed by atoms with Crippen LogP contribution in [0.25, 0.3) is 54.9 Å². The summed E-state index contributed by atoms with van der Waals surface area (Å²) in [5.41, 5.74) is 5.81. The number of nitrogens with zero attached hydrogens (tertiary/aromatic N) is 1. The highest BCUT2D eigenvalue weighted by molar-refractivity contribution is 6.19. The standard InChI is InChI=1S/C30H26NO3/c1-16-17-8-6-7-9-18(17)22(15-30(2,3)4)28-24(16)26-25-20(10-12-31(26)5)27-21(14-23(25)33-28)19-11-13-32-29(19)34-27/h6-14H,15H2,1-5H3/q+1. The van der Waals surface area contributed by atoms with E-state index in [2.05, 4.69) is 81.9 Å². The van der Waals surface area contributed by atoms with E-state index in [9.17, 15) is 0 Å². The molecule has 168 valence electrons. The van der Waals surface area contributed by atoms with Gasteiger partial charge in [-0.1, -0.05) is 45.0 Å². The van der Waals surface area contributed by atoms with Crippen molar-refractivity contribution in [3.05, 3.63) is 66.1 Å². The summed E-state index contributed by atoms with van der Waals surface area (Å²) in [6.07, 6.45) is 4.72. The number of aromatic nitrogens is 1. The average Bonchev–Trinajstić information content (AvgIpc) is 3.39. The lowest BCUT2D eigenvalue weighted by molar-refractivity contribution is -0.659. The van der Waals surface area contributed by atoms with Gasteiger partial charge in [0.25, 0.3) is 5.78 Å². The molecule has 7 rings (SSSR count). The van der Waals surface area contributed by atoms with E-state index in [-0.39, 0.29) is 5.41 Å². The highest BCUT2D eigenvalue weighted by Gasteiger charge is 2.35. The molecule has 6 aromatic rings. The monoisotopic (exact) mass is 448 g/mol. The predicted molar refractivity (Wildman–Crippen MR) is 136 cm³/mol. The summed E-state index contributed by atoms with van der Waals surface area (Å²) < 4.78 is 20.9. The van der Waals surface area contributed by atoms with E-state index >= 15 is 0 Å². The molecule has 3 aromatic heterocycles. The molecule has 0 fully saturated rings. The van der Waals surface area contributed by atoms with Crippen LogP contribution in [0, 0.1) is 12.3 Å². The summed E-state index contributed by atoms with van der Waals surface area (Å²) in [4.78, 5) is 0. The summed E-state index contributed by atoms with van der Waals surface area (Å²) in [5.74, 6) is 2.40. The molecule has 0 saturated heterocycles. The molecule has 0 unspecified atom stereocenters. The van der Waals surface area contributed by atoms with E-state index in [4.69, 9.17) is 13.6 Å². The largest absolute Gasteiger partial charge is 0.455 e. The lowest BCUT2D eigenvalue weighted by atomic mass is 9.81. The van der Waals surface area contributed by atoms with E-state index in [1.807, 2.05) is 6.07 Å². The maximum atomic E-state index is 6.89. The number of hydrogen-bond acceptors (Lipinski definition) is 3. The molecule has 0 saturated carbocycles. The van der Waals surface area contributed by atoms with Crippen LogP contribution in [0.4, 0.5) is 0 Å². The molecule has 4 nitrogen and oxygen atoms in total. The van der Waals surface area contributed by atoms with Crippen LogP contribution in [0.5, 0.6) is 11.5 Å². The number of rotatable bonds is 1. The Morgan fingerprint density at radius 3 is 2.50 bits per heavy atom. The van der Waals surface area contributed by atoms with E-state index in [0.717, 1.165) is 45.0 Å². The van der Waals surface area contributed by atoms with Crippen molar-refractivity contribution in [3.8, 4) is 22.8 Å². The Bertz CT molecular complexity index is 1810. The van der Waals surface area contributed by atoms with E-state index in [1.165, 1.54) is 33.2 Å². The van der Waals surface area contributed by atoms with Gasteiger partial charge in [0.15, 0.2) is 6.20 Å². The van der Waals surface area contributed by atoms with Crippen molar-refractivity contribution in [1.82, 2.24) is 0 Å². The van der Waals surface area contributed by atoms with Crippen LogP contribution in [0.3, 0.4) is 0 Å². The van der Waals surface area contributed by atoms with E-state index in [1.54, 1.807) is 6.26 Å². The molecule has 1 aliphatic heterocycles. The van der Waals surface area contributed by atoms with Gasteiger partial charge in [-0.2, -0.15) is 0 Å². The first kappa shape index (κ1) is 19.7. The van der Waals surface area contributed by atoms with Gasteiger partial charge in [0.05, 0.1) is 17.2 Å². The van der Waals surface area contributed by atoms with Gasteiger partial charge in [0.2, 0.25) is 5.69 Å². The molecule has 0 bridgehead atoms. The summed E-state index contributed by atoms with van der Waals surface area (Å²) in [5, 5.41) is 6.67. The highest BCUT2D eigenvalue weighted by Crippen LogP contribution is 2.53. The number of furan rings is 2. The molecular formula is C30H26NO3+. The fourth-order valence-corrected chi connectivity index (χ4v) is 5.72. The van der Waals surface area contributed by atoms with Gasteiger partial charge < -0.3 is 13.6 Å². The second kappa shape index (κ2) is 6.41. The van der Waals surface area contributed by atoms with Crippen LogP contribution in [0.1, 0.15) is 31.9 Å². The van der Waals surface area contributed by atoms with Crippen LogP contribution in [-0.4, -0.2) is 0 Å². The number of fused-ring (bicyclic) bond motifs is 7. The first-order valence-corrected chi connectivity index (χ1v) is 11.8. The highest BCUT2D eigenvalue weighted by atomic mass is 16.5. The molecule has 0 amide bonds. The van der Waals surface area contributed by atoms with Gasteiger partial charge in [-0.15, -0.1) is 0 Å². The third-order valence-electron chi connectivity index (χ3n) is 7.14. The fourth-order valence-electron chi connectivity index (χ4n) is 5.72. The lowest BCUT2D eigenvalue weighted by Crippen LogP contribution is -2.32.